The van der Waals surface area contributed by atoms with Crippen LogP contribution in [0.3, 0.4) is 0 Å². The van der Waals surface area contributed by atoms with Crippen LogP contribution < -0.4 is 9.47 Å². The van der Waals surface area contributed by atoms with E-state index < -0.39 is 0 Å². The third-order valence-electron chi connectivity index (χ3n) is 3.03. The minimum Gasteiger partial charge on any atom is -0.487 e. The summed E-state index contributed by atoms with van der Waals surface area (Å²) in [6.45, 7) is 8.25. The van der Waals surface area contributed by atoms with Gasteiger partial charge in [0.1, 0.15) is 0 Å². The summed E-state index contributed by atoms with van der Waals surface area (Å²) >= 11 is 0. The Morgan fingerprint density at radius 2 is 1.50 bits per heavy atom. The van der Waals surface area contributed by atoms with E-state index in [1.165, 1.54) is 0 Å². The maximum absolute atomic E-state index is 11.9. The standard InChI is InChI=1S/C19H28O5/c1-14(2)13-22-18(20)11-7-8-12-19(21)24-17-10-6-5-9-16(17)23-15(3)4/h5-6,9-10,14-15H,7-8,11-13H2,1-4H3. The summed E-state index contributed by atoms with van der Waals surface area (Å²) in [6, 6.07) is 7.10. The number of hydrogen-bond acceptors (Lipinski definition) is 5. The van der Waals surface area contributed by atoms with Crippen LogP contribution in [0.25, 0.3) is 0 Å². The summed E-state index contributed by atoms with van der Waals surface area (Å²) < 4.78 is 16.1. The van der Waals surface area contributed by atoms with Crippen molar-refractivity contribution in [3.63, 3.8) is 0 Å². The van der Waals surface area contributed by atoms with Crippen molar-refractivity contribution >= 4 is 11.9 Å². The number of benzene rings is 1. The summed E-state index contributed by atoms with van der Waals surface area (Å²) in [4.78, 5) is 23.4. The Balaban J connectivity index is 2.31. The van der Waals surface area contributed by atoms with Gasteiger partial charge < -0.3 is 14.2 Å². The van der Waals surface area contributed by atoms with Crippen molar-refractivity contribution in [2.45, 2.75) is 59.5 Å². The number of hydrogen-bond donors (Lipinski definition) is 0. The van der Waals surface area contributed by atoms with Gasteiger partial charge in [0.05, 0.1) is 12.7 Å². The van der Waals surface area contributed by atoms with E-state index in [1.54, 1.807) is 18.2 Å². The summed E-state index contributed by atoms with van der Waals surface area (Å²) in [5.41, 5.74) is 0. The van der Waals surface area contributed by atoms with Crippen LogP contribution in [0.1, 0.15) is 53.4 Å². The lowest BCUT2D eigenvalue weighted by Crippen LogP contribution is -2.12. The second kappa shape index (κ2) is 10.7. The lowest BCUT2D eigenvalue weighted by atomic mass is 10.2. The van der Waals surface area contributed by atoms with E-state index >= 15 is 0 Å². The van der Waals surface area contributed by atoms with Crippen molar-refractivity contribution in [3.05, 3.63) is 24.3 Å². The first kappa shape index (κ1) is 20.0. The van der Waals surface area contributed by atoms with Gasteiger partial charge in [-0.2, -0.15) is 0 Å². The molecule has 0 N–H and O–H groups in total. The second-order valence-electron chi connectivity index (χ2n) is 6.37. The number of carbonyl (C=O) groups is 2. The van der Waals surface area contributed by atoms with Crippen molar-refractivity contribution in [2.75, 3.05) is 6.61 Å². The molecule has 24 heavy (non-hydrogen) atoms. The van der Waals surface area contributed by atoms with Gasteiger partial charge in [-0.05, 0) is 44.7 Å². The van der Waals surface area contributed by atoms with Gasteiger partial charge in [0.15, 0.2) is 11.5 Å². The van der Waals surface area contributed by atoms with Gasteiger partial charge in [-0.1, -0.05) is 26.0 Å². The van der Waals surface area contributed by atoms with Gasteiger partial charge in [-0.25, -0.2) is 0 Å². The SMILES string of the molecule is CC(C)COC(=O)CCCCC(=O)Oc1ccccc1OC(C)C. The van der Waals surface area contributed by atoms with Crippen LogP contribution in [0.15, 0.2) is 24.3 Å². The molecule has 0 aliphatic carbocycles. The molecule has 5 nitrogen and oxygen atoms in total. The average molecular weight is 336 g/mol. The van der Waals surface area contributed by atoms with Crippen molar-refractivity contribution in [1.82, 2.24) is 0 Å². The molecule has 0 aliphatic rings. The molecule has 0 atom stereocenters. The Hall–Kier alpha value is -2.04. The van der Waals surface area contributed by atoms with Gasteiger partial charge in [0.25, 0.3) is 0 Å². The fraction of sp³-hybridized carbons (Fsp3) is 0.579. The zero-order chi connectivity index (χ0) is 17.9. The first-order chi connectivity index (χ1) is 11.4. The fourth-order valence-electron chi connectivity index (χ4n) is 1.93. The number of ether oxygens (including phenoxy) is 3. The maximum atomic E-state index is 11.9. The molecule has 0 amide bonds. The van der Waals surface area contributed by atoms with Crippen molar-refractivity contribution in [2.24, 2.45) is 5.92 Å². The summed E-state index contributed by atoms with van der Waals surface area (Å²) in [5, 5.41) is 0. The molecule has 0 fully saturated rings. The number of carbonyl (C=O) groups excluding carboxylic acids is 2. The van der Waals surface area contributed by atoms with Crippen molar-refractivity contribution in [1.29, 1.82) is 0 Å². The Labute approximate surface area is 144 Å². The van der Waals surface area contributed by atoms with E-state index in [0.29, 0.717) is 43.3 Å². The third-order valence-corrected chi connectivity index (χ3v) is 3.03. The molecule has 1 aromatic carbocycles. The molecule has 0 bridgehead atoms. The minimum atomic E-state index is -0.328. The van der Waals surface area contributed by atoms with Gasteiger partial charge >= 0.3 is 11.9 Å². The van der Waals surface area contributed by atoms with E-state index in [2.05, 4.69) is 0 Å². The van der Waals surface area contributed by atoms with Gasteiger partial charge in [0.2, 0.25) is 0 Å². The van der Waals surface area contributed by atoms with Gasteiger partial charge in [0, 0.05) is 12.8 Å². The highest BCUT2D eigenvalue weighted by atomic mass is 16.6. The average Bonchev–Trinajstić information content (AvgIpc) is 2.51. The highest BCUT2D eigenvalue weighted by Gasteiger charge is 2.11. The Morgan fingerprint density at radius 3 is 2.08 bits per heavy atom. The number of para-hydroxylation sites is 2. The van der Waals surface area contributed by atoms with Crippen LogP contribution in [-0.4, -0.2) is 24.6 Å². The number of esters is 2. The number of rotatable bonds is 10. The molecule has 1 aromatic rings. The normalized spacial score (nSPS) is 10.8. The van der Waals surface area contributed by atoms with E-state index in [0.717, 1.165) is 0 Å². The zero-order valence-electron chi connectivity index (χ0n) is 15.0. The third kappa shape index (κ3) is 8.56. The molecule has 0 radical (unpaired) electrons. The maximum Gasteiger partial charge on any atom is 0.311 e. The molecule has 134 valence electrons. The van der Waals surface area contributed by atoms with Crippen LogP contribution in [0.2, 0.25) is 0 Å². The zero-order valence-corrected chi connectivity index (χ0v) is 15.0. The number of unbranched alkanes of at least 4 members (excludes halogenated alkanes) is 1. The van der Waals surface area contributed by atoms with Crippen LogP contribution in [0.5, 0.6) is 11.5 Å². The molecule has 0 aliphatic heterocycles. The highest BCUT2D eigenvalue weighted by molar-refractivity contribution is 5.73. The molecule has 5 heteroatoms. The summed E-state index contributed by atoms with van der Waals surface area (Å²) in [7, 11) is 0. The Morgan fingerprint density at radius 1 is 0.917 bits per heavy atom. The largest absolute Gasteiger partial charge is 0.487 e. The Bertz CT molecular complexity index is 522. The topological polar surface area (TPSA) is 61.8 Å². The molecule has 0 heterocycles. The molecular weight excluding hydrogens is 308 g/mol. The molecular formula is C19H28O5. The Kier molecular flexibility index (Phi) is 8.90. The van der Waals surface area contributed by atoms with Gasteiger partial charge in [-0.15, -0.1) is 0 Å². The van der Waals surface area contributed by atoms with Crippen LogP contribution >= 0.6 is 0 Å². The van der Waals surface area contributed by atoms with Crippen LogP contribution in [-0.2, 0) is 14.3 Å². The molecule has 0 saturated heterocycles. The van der Waals surface area contributed by atoms with Gasteiger partial charge in [-0.3, -0.25) is 9.59 Å². The first-order valence-corrected chi connectivity index (χ1v) is 8.50. The van der Waals surface area contributed by atoms with Crippen molar-refractivity contribution < 1.29 is 23.8 Å². The van der Waals surface area contributed by atoms with E-state index in [1.807, 2.05) is 33.8 Å². The smallest absolute Gasteiger partial charge is 0.311 e. The molecule has 0 saturated carbocycles. The van der Waals surface area contributed by atoms with Crippen LogP contribution in [0, 0.1) is 5.92 Å². The molecule has 0 unspecified atom stereocenters. The molecule has 0 aromatic heterocycles. The van der Waals surface area contributed by atoms with Crippen molar-refractivity contribution in [3.8, 4) is 11.5 Å². The minimum absolute atomic E-state index is 0.00158. The molecule has 1 rings (SSSR count). The predicted octanol–water partition coefficient (Wildman–Crippen LogP) is 4.14. The second-order valence-corrected chi connectivity index (χ2v) is 6.37. The lowest BCUT2D eigenvalue weighted by molar-refractivity contribution is -0.145. The van der Waals surface area contributed by atoms with E-state index in [9.17, 15) is 9.59 Å². The molecule has 0 spiro atoms. The van der Waals surface area contributed by atoms with E-state index in [-0.39, 0.29) is 24.5 Å². The lowest BCUT2D eigenvalue weighted by Gasteiger charge is -2.13. The fourth-order valence-corrected chi connectivity index (χ4v) is 1.93. The monoisotopic (exact) mass is 336 g/mol. The van der Waals surface area contributed by atoms with Crippen LogP contribution in [0.4, 0.5) is 0 Å². The quantitative estimate of drug-likeness (QED) is 0.365. The first-order valence-electron chi connectivity index (χ1n) is 8.50. The summed E-state index contributed by atoms with van der Waals surface area (Å²) in [6.07, 6.45) is 1.78. The summed E-state index contributed by atoms with van der Waals surface area (Å²) in [5.74, 6) is 0.765. The predicted molar refractivity (Wildman–Crippen MR) is 92.1 cm³/mol. The highest BCUT2D eigenvalue weighted by Crippen LogP contribution is 2.27. The van der Waals surface area contributed by atoms with E-state index in [4.69, 9.17) is 14.2 Å².